The Hall–Kier alpha value is -2.90. The molecule has 3 aromatic rings. The monoisotopic (exact) mass is 420 g/mol. The quantitative estimate of drug-likeness (QED) is 0.652. The van der Waals surface area contributed by atoms with Crippen molar-refractivity contribution in [2.45, 2.75) is 57.3 Å². The van der Waals surface area contributed by atoms with E-state index < -0.39 is 0 Å². The summed E-state index contributed by atoms with van der Waals surface area (Å²) >= 11 is 0. The van der Waals surface area contributed by atoms with Crippen molar-refractivity contribution >= 4 is 11.8 Å². The van der Waals surface area contributed by atoms with Crippen LogP contribution in [0.2, 0.25) is 0 Å². The molecule has 0 unspecified atom stereocenters. The summed E-state index contributed by atoms with van der Waals surface area (Å²) in [5, 5.41) is 14.6. The van der Waals surface area contributed by atoms with Gasteiger partial charge in [0, 0.05) is 67.9 Å². The summed E-state index contributed by atoms with van der Waals surface area (Å²) < 4.78 is 0. The van der Waals surface area contributed by atoms with E-state index in [0.29, 0.717) is 17.8 Å². The Morgan fingerprint density at radius 1 is 0.871 bits per heavy atom. The molecule has 31 heavy (non-hydrogen) atoms. The molecule has 8 nitrogen and oxygen atoms in total. The highest BCUT2D eigenvalue weighted by atomic mass is 15.3. The molecule has 0 bridgehead atoms. The highest BCUT2D eigenvalue weighted by Gasteiger charge is 2.27. The first kappa shape index (κ1) is 20.0. The van der Waals surface area contributed by atoms with Crippen LogP contribution in [0.3, 0.4) is 0 Å². The van der Waals surface area contributed by atoms with Crippen molar-refractivity contribution in [1.29, 1.82) is 0 Å². The number of hydrogen-bond acceptors (Lipinski definition) is 6. The normalized spacial score (nSPS) is 22.3. The minimum atomic E-state index is 0.363. The molecule has 2 aliphatic heterocycles. The number of nitrogens with one attached hydrogen (secondary N) is 2. The van der Waals surface area contributed by atoms with Gasteiger partial charge in [-0.3, -0.25) is 10.2 Å². The van der Waals surface area contributed by atoms with Gasteiger partial charge in [0.05, 0.1) is 5.69 Å². The zero-order valence-corrected chi connectivity index (χ0v) is 18.5. The van der Waals surface area contributed by atoms with Gasteiger partial charge >= 0.3 is 0 Å². The Kier molecular flexibility index (Phi) is 5.61. The van der Waals surface area contributed by atoms with Gasteiger partial charge in [0.2, 0.25) is 5.95 Å². The van der Waals surface area contributed by atoms with Gasteiger partial charge in [-0.2, -0.15) is 15.2 Å². The number of nitrogens with zero attached hydrogens (tertiary/aromatic N) is 6. The van der Waals surface area contributed by atoms with E-state index in [-0.39, 0.29) is 0 Å². The highest BCUT2D eigenvalue weighted by molar-refractivity contribution is 5.48. The summed E-state index contributed by atoms with van der Waals surface area (Å²) in [5.41, 5.74) is 3.55. The molecule has 5 heterocycles. The van der Waals surface area contributed by atoms with Gasteiger partial charge in [-0.1, -0.05) is 13.8 Å². The van der Waals surface area contributed by atoms with Crippen LogP contribution in [0.5, 0.6) is 0 Å². The third-order valence-electron chi connectivity index (χ3n) is 6.69. The minimum Gasteiger partial charge on any atom is -0.356 e. The first-order chi connectivity index (χ1) is 15.2. The zero-order chi connectivity index (χ0) is 21.2. The lowest BCUT2D eigenvalue weighted by Gasteiger charge is -2.35. The second-order valence-corrected chi connectivity index (χ2v) is 9.20. The van der Waals surface area contributed by atoms with E-state index >= 15 is 0 Å². The third kappa shape index (κ3) is 4.29. The number of rotatable bonds is 5. The van der Waals surface area contributed by atoms with Gasteiger partial charge in [0.25, 0.3) is 0 Å². The SMILES string of the molecule is CC(C)c1cc(N2CCC[C@@H](c3ccn[nH]3)C2)nc(N2CCC[C@H](c3ccn[nH]3)C2)n1. The summed E-state index contributed by atoms with van der Waals surface area (Å²) in [4.78, 5) is 14.9. The lowest BCUT2D eigenvalue weighted by Crippen LogP contribution is -2.38. The second-order valence-electron chi connectivity index (χ2n) is 9.20. The summed E-state index contributed by atoms with van der Waals surface area (Å²) in [6.45, 7) is 8.36. The molecule has 2 fully saturated rings. The van der Waals surface area contributed by atoms with Crippen molar-refractivity contribution in [3.05, 3.63) is 47.7 Å². The van der Waals surface area contributed by atoms with E-state index in [0.717, 1.165) is 56.5 Å². The summed E-state index contributed by atoms with van der Waals surface area (Å²) in [6.07, 6.45) is 8.35. The lowest BCUT2D eigenvalue weighted by molar-refractivity contribution is 0.488. The summed E-state index contributed by atoms with van der Waals surface area (Å²) in [6, 6.07) is 6.39. The van der Waals surface area contributed by atoms with E-state index in [9.17, 15) is 0 Å². The van der Waals surface area contributed by atoms with E-state index in [4.69, 9.17) is 9.97 Å². The average Bonchev–Trinajstić information content (AvgIpc) is 3.53. The number of H-pyrrole nitrogens is 2. The highest BCUT2D eigenvalue weighted by Crippen LogP contribution is 2.32. The first-order valence-corrected chi connectivity index (χ1v) is 11.5. The van der Waals surface area contributed by atoms with Crippen LogP contribution in [-0.2, 0) is 0 Å². The number of piperidine rings is 2. The molecule has 164 valence electrons. The summed E-state index contributed by atoms with van der Waals surface area (Å²) in [7, 11) is 0. The number of aromatic nitrogens is 6. The fourth-order valence-corrected chi connectivity index (χ4v) is 4.88. The Balaban J connectivity index is 1.41. The van der Waals surface area contributed by atoms with Gasteiger partial charge in [0.15, 0.2) is 0 Å². The van der Waals surface area contributed by atoms with Crippen LogP contribution < -0.4 is 9.80 Å². The topological polar surface area (TPSA) is 89.6 Å². The van der Waals surface area contributed by atoms with E-state index in [1.54, 1.807) is 0 Å². The third-order valence-corrected chi connectivity index (χ3v) is 6.69. The fourth-order valence-electron chi connectivity index (χ4n) is 4.88. The van der Waals surface area contributed by atoms with Gasteiger partial charge < -0.3 is 9.80 Å². The van der Waals surface area contributed by atoms with Crippen LogP contribution in [0, 0.1) is 0 Å². The van der Waals surface area contributed by atoms with E-state index in [1.165, 1.54) is 24.2 Å². The second kappa shape index (κ2) is 8.69. The van der Waals surface area contributed by atoms with Crippen LogP contribution in [0.1, 0.15) is 74.4 Å². The Bertz CT molecular complexity index is 893. The molecular formula is C23H32N8. The van der Waals surface area contributed by atoms with Crippen molar-refractivity contribution in [2.24, 2.45) is 0 Å². The van der Waals surface area contributed by atoms with Crippen LogP contribution >= 0.6 is 0 Å². The molecule has 0 aromatic carbocycles. The van der Waals surface area contributed by atoms with Crippen molar-refractivity contribution in [1.82, 2.24) is 30.4 Å². The molecule has 0 aliphatic carbocycles. The van der Waals surface area contributed by atoms with Gasteiger partial charge in [0.1, 0.15) is 5.82 Å². The van der Waals surface area contributed by atoms with Crippen molar-refractivity contribution in [3.63, 3.8) is 0 Å². The number of hydrogen-bond donors (Lipinski definition) is 2. The Labute approximate surface area is 183 Å². The van der Waals surface area contributed by atoms with Crippen molar-refractivity contribution < 1.29 is 0 Å². The molecule has 3 aromatic heterocycles. The number of anilines is 2. The van der Waals surface area contributed by atoms with E-state index in [2.05, 4.69) is 62.2 Å². The molecule has 2 saturated heterocycles. The maximum atomic E-state index is 5.08. The molecular weight excluding hydrogens is 388 g/mol. The first-order valence-electron chi connectivity index (χ1n) is 11.5. The molecule has 5 rings (SSSR count). The van der Waals surface area contributed by atoms with E-state index in [1.807, 2.05) is 12.4 Å². The predicted octanol–water partition coefficient (Wildman–Crippen LogP) is 3.81. The van der Waals surface area contributed by atoms with Crippen LogP contribution in [0.25, 0.3) is 0 Å². The maximum Gasteiger partial charge on any atom is 0.227 e. The Morgan fingerprint density at radius 2 is 1.48 bits per heavy atom. The molecule has 2 atom stereocenters. The van der Waals surface area contributed by atoms with Crippen molar-refractivity contribution in [3.8, 4) is 0 Å². The molecule has 0 radical (unpaired) electrons. The predicted molar refractivity (Wildman–Crippen MR) is 122 cm³/mol. The lowest BCUT2D eigenvalue weighted by atomic mass is 9.94. The maximum absolute atomic E-state index is 5.08. The minimum absolute atomic E-state index is 0.363. The average molecular weight is 421 g/mol. The zero-order valence-electron chi connectivity index (χ0n) is 18.5. The largest absolute Gasteiger partial charge is 0.356 e. The van der Waals surface area contributed by atoms with Gasteiger partial charge in [-0.05, 0) is 43.7 Å². The van der Waals surface area contributed by atoms with Crippen molar-refractivity contribution in [2.75, 3.05) is 36.0 Å². The smallest absolute Gasteiger partial charge is 0.227 e. The Morgan fingerprint density at radius 3 is 2.06 bits per heavy atom. The number of aromatic amines is 2. The molecule has 0 saturated carbocycles. The van der Waals surface area contributed by atoms with Gasteiger partial charge in [-0.25, -0.2) is 4.98 Å². The molecule has 2 N–H and O–H groups in total. The van der Waals surface area contributed by atoms with Crippen LogP contribution in [0.4, 0.5) is 11.8 Å². The molecule has 0 amide bonds. The van der Waals surface area contributed by atoms with Crippen LogP contribution in [-0.4, -0.2) is 56.5 Å². The fraction of sp³-hybridized carbons (Fsp3) is 0.565. The van der Waals surface area contributed by atoms with Crippen LogP contribution in [0.15, 0.2) is 30.6 Å². The van der Waals surface area contributed by atoms with Gasteiger partial charge in [-0.15, -0.1) is 0 Å². The molecule has 8 heteroatoms. The summed E-state index contributed by atoms with van der Waals surface area (Å²) in [5.74, 6) is 3.21. The standard InChI is InChI=1S/C23H32N8/c1-16(2)21-13-22(30-11-3-5-17(14-30)19-7-9-24-28-19)27-23(26-21)31-12-4-6-18(15-31)20-8-10-25-29-20/h7-10,13,16-18H,3-6,11-12,14-15H2,1-2H3,(H,24,28)(H,25,29)/t17-,18+/m1/s1. The molecule has 2 aliphatic rings. The molecule has 0 spiro atoms.